The summed E-state index contributed by atoms with van der Waals surface area (Å²) in [5, 5.41) is 18.8. The Bertz CT molecular complexity index is 844. The lowest BCUT2D eigenvalue weighted by molar-refractivity contribution is 0.101. The Morgan fingerprint density at radius 2 is 1.71 bits per heavy atom. The smallest absolute Gasteiger partial charge is 0.322 e. The Kier molecular flexibility index (Phi) is 4.15. The Morgan fingerprint density at radius 3 is 2.33 bits per heavy atom. The predicted octanol–water partition coefficient (Wildman–Crippen LogP) is 2.54. The van der Waals surface area contributed by atoms with Gasteiger partial charge in [0, 0.05) is 24.5 Å². The standard InChI is InChI=1S/C15H19N7O2/c1-9(2)21-7-5-11(19-21)13(23)16-15-18-17-14(24-15)12-6-8-22(20-12)10(3)4/h5-10H,1-4H3,(H,16,18,23). The van der Waals surface area contributed by atoms with Crippen molar-refractivity contribution >= 4 is 11.9 Å². The molecule has 0 radical (unpaired) electrons. The van der Waals surface area contributed by atoms with Gasteiger partial charge in [-0.2, -0.15) is 10.2 Å². The first kappa shape index (κ1) is 15.9. The highest BCUT2D eigenvalue weighted by Gasteiger charge is 2.16. The highest BCUT2D eigenvalue weighted by molar-refractivity contribution is 6.01. The number of carbonyl (C=O) groups is 1. The second kappa shape index (κ2) is 6.26. The topological polar surface area (TPSA) is 104 Å². The van der Waals surface area contributed by atoms with Gasteiger partial charge >= 0.3 is 6.01 Å². The first-order chi connectivity index (χ1) is 11.4. The van der Waals surface area contributed by atoms with E-state index in [1.165, 1.54) is 0 Å². The molecule has 3 aromatic rings. The zero-order valence-electron chi connectivity index (χ0n) is 14.0. The van der Waals surface area contributed by atoms with Crippen molar-refractivity contribution < 1.29 is 9.21 Å². The average molecular weight is 329 g/mol. The quantitative estimate of drug-likeness (QED) is 0.771. The van der Waals surface area contributed by atoms with Gasteiger partial charge in [-0.05, 0) is 39.8 Å². The van der Waals surface area contributed by atoms with Crippen LogP contribution in [0.15, 0.2) is 28.9 Å². The van der Waals surface area contributed by atoms with Crippen molar-refractivity contribution in [1.29, 1.82) is 0 Å². The van der Waals surface area contributed by atoms with Gasteiger partial charge in [0.25, 0.3) is 11.8 Å². The van der Waals surface area contributed by atoms with E-state index < -0.39 is 5.91 Å². The number of nitrogens with zero attached hydrogens (tertiary/aromatic N) is 6. The van der Waals surface area contributed by atoms with Gasteiger partial charge in [0.1, 0.15) is 5.69 Å². The number of anilines is 1. The van der Waals surface area contributed by atoms with Crippen molar-refractivity contribution in [2.75, 3.05) is 5.32 Å². The maximum Gasteiger partial charge on any atom is 0.322 e. The molecule has 0 saturated carbocycles. The minimum Gasteiger partial charge on any atom is -0.401 e. The van der Waals surface area contributed by atoms with Crippen LogP contribution in [0.1, 0.15) is 50.3 Å². The van der Waals surface area contributed by atoms with Gasteiger partial charge in [-0.1, -0.05) is 5.10 Å². The van der Waals surface area contributed by atoms with Crippen LogP contribution in [-0.4, -0.2) is 35.7 Å². The highest BCUT2D eigenvalue weighted by Crippen LogP contribution is 2.19. The molecule has 0 aliphatic rings. The summed E-state index contributed by atoms with van der Waals surface area (Å²) < 4.78 is 8.93. The molecule has 3 aromatic heterocycles. The number of hydrogen-bond acceptors (Lipinski definition) is 6. The summed E-state index contributed by atoms with van der Waals surface area (Å²) in [6, 6.07) is 3.84. The van der Waals surface area contributed by atoms with Crippen LogP contribution in [-0.2, 0) is 0 Å². The fraction of sp³-hybridized carbons (Fsp3) is 0.400. The largest absolute Gasteiger partial charge is 0.401 e. The van der Waals surface area contributed by atoms with Crippen molar-refractivity contribution in [2.24, 2.45) is 0 Å². The van der Waals surface area contributed by atoms with Crippen LogP contribution in [0.5, 0.6) is 0 Å². The molecule has 0 spiro atoms. The van der Waals surface area contributed by atoms with Crippen LogP contribution >= 0.6 is 0 Å². The highest BCUT2D eigenvalue weighted by atomic mass is 16.4. The van der Waals surface area contributed by atoms with Gasteiger partial charge in [-0.25, -0.2) is 0 Å². The van der Waals surface area contributed by atoms with E-state index in [1.807, 2.05) is 33.9 Å². The normalized spacial score (nSPS) is 11.4. The molecule has 0 saturated heterocycles. The summed E-state index contributed by atoms with van der Waals surface area (Å²) in [7, 11) is 0. The van der Waals surface area contributed by atoms with Crippen molar-refractivity contribution in [3.8, 4) is 11.6 Å². The van der Waals surface area contributed by atoms with Crippen LogP contribution in [0.4, 0.5) is 6.01 Å². The lowest BCUT2D eigenvalue weighted by Crippen LogP contribution is -2.14. The van der Waals surface area contributed by atoms with Gasteiger partial charge in [0.05, 0.1) is 0 Å². The van der Waals surface area contributed by atoms with E-state index in [-0.39, 0.29) is 29.7 Å². The Balaban J connectivity index is 1.71. The molecule has 0 aliphatic carbocycles. The molecule has 1 N–H and O–H groups in total. The maximum absolute atomic E-state index is 12.2. The second-order valence-electron chi connectivity index (χ2n) is 5.92. The van der Waals surface area contributed by atoms with Crippen LogP contribution in [0, 0.1) is 0 Å². The number of aromatic nitrogens is 6. The zero-order chi connectivity index (χ0) is 17.3. The number of nitrogens with one attached hydrogen (secondary N) is 1. The van der Waals surface area contributed by atoms with Crippen LogP contribution in [0.3, 0.4) is 0 Å². The van der Waals surface area contributed by atoms with E-state index in [1.54, 1.807) is 27.7 Å². The molecular weight excluding hydrogens is 310 g/mol. The summed E-state index contributed by atoms with van der Waals surface area (Å²) in [6.45, 7) is 8.00. The summed E-state index contributed by atoms with van der Waals surface area (Å²) in [5.41, 5.74) is 0.841. The van der Waals surface area contributed by atoms with Crippen molar-refractivity contribution in [3.05, 3.63) is 30.2 Å². The third-order valence-electron chi connectivity index (χ3n) is 3.37. The monoisotopic (exact) mass is 329 g/mol. The molecule has 0 bridgehead atoms. The predicted molar refractivity (Wildman–Crippen MR) is 86.5 cm³/mol. The molecule has 1 amide bonds. The van der Waals surface area contributed by atoms with Crippen molar-refractivity contribution in [2.45, 2.75) is 39.8 Å². The van der Waals surface area contributed by atoms with Gasteiger partial charge in [0.15, 0.2) is 5.69 Å². The van der Waals surface area contributed by atoms with Crippen LogP contribution < -0.4 is 5.32 Å². The summed E-state index contributed by atoms with van der Waals surface area (Å²) >= 11 is 0. The molecule has 126 valence electrons. The summed E-state index contributed by atoms with van der Waals surface area (Å²) in [4.78, 5) is 12.2. The molecule has 0 unspecified atom stereocenters. The van der Waals surface area contributed by atoms with Crippen molar-refractivity contribution in [1.82, 2.24) is 29.8 Å². The molecule has 9 heteroatoms. The fourth-order valence-electron chi connectivity index (χ4n) is 2.02. The third kappa shape index (κ3) is 3.19. The lowest BCUT2D eigenvalue weighted by Gasteiger charge is -2.03. The molecule has 0 aromatic carbocycles. The number of carbonyl (C=O) groups excluding carboxylic acids is 1. The molecule has 24 heavy (non-hydrogen) atoms. The average Bonchev–Trinajstić information content (AvgIpc) is 3.26. The van der Waals surface area contributed by atoms with E-state index in [0.29, 0.717) is 5.69 Å². The number of hydrogen-bond donors (Lipinski definition) is 1. The van der Waals surface area contributed by atoms with Crippen LogP contribution in [0.25, 0.3) is 11.6 Å². The van der Waals surface area contributed by atoms with E-state index in [4.69, 9.17) is 4.42 Å². The van der Waals surface area contributed by atoms with Gasteiger partial charge in [-0.3, -0.25) is 19.5 Å². The van der Waals surface area contributed by atoms with E-state index in [9.17, 15) is 4.79 Å². The molecular formula is C15H19N7O2. The minimum atomic E-state index is -0.405. The number of amides is 1. The van der Waals surface area contributed by atoms with Gasteiger partial charge in [-0.15, -0.1) is 5.10 Å². The summed E-state index contributed by atoms with van der Waals surface area (Å²) in [6.07, 6.45) is 3.58. The maximum atomic E-state index is 12.2. The first-order valence-corrected chi connectivity index (χ1v) is 7.69. The minimum absolute atomic E-state index is 0.00759. The van der Waals surface area contributed by atoms with Gasteiger partial charge < -0.3 is 4.42 Å². The molecule has 9 nitrogen and oxygen atoms in total. The van der Waals surface area contributed by atoms with E-state index >= 15 is 0 Å². The fourth-order valence-corrected chi connectivity index (χ4v) is 2.02. The summed E-state index contributed by atoms with van der Waals surface area (Å²) in [5.74, 6) is -0.158. The van der Waals surface area contributed by atoms with E-state index in [2.05, 4.69) is 25.7 Å². The Morgan fingerprint density at radius 1 is 1.04 bits per heavy atom. The molecule has 3 heterocycles. The molecule has 0 fully saturated rings. The SMILES string of the molecule is CC(C)n1ccc(C(=O)Nc2nnc(-c3ccn(C(C)C)n3)o2)n1. The second-order valence-corrected chi connectivity index (χ2v) is 5.92. The number of rotatable bonds is 5. The van der Waals surface area contributed by atoms with Crippen molar-refractivity contribution in [3.63, 3.8) is 0 Å². The third-order valence-corrected chi connectivity index (χ3v) is 3.37. The van der Waals surface area contributed by atoms with Gasteiger partial charge in [0.2, 0.25) is 0 Å². The Hall–Kier alpha value is -2.97. The Labute approximate surface area is 138 Å². The first-order valence-electron chi connectivity index (χ1n) is 7.69. The molecule has 0 aliphatic heterocycles. The van der Waals surface area contributed by atoms with Crippen LogP contribution in [0.2, 0.25) is 0 Å². The zero-order valence-corrected chi connectivity index (χ0v) is 14.0. The molecule has 3 rings (SSSR count). The van der Waals surface area contributed by atoms with E-state index in [0.717, 1.165) is 0 Å². The lowest BCUT2D eigenvalue weighted by atomic mass is 10.4. The molecule has 0 atom stereocenters.